The number of carbonyl (C=O) groups excluding carboxylic acids is 3. The minimum absolute atomic E-state index is 0.00347. The monoisotopic (exact) mass is 416 g/mol. The van der Waals surface area contributed by atoms with Crippen molar-refractivity contribution < 1.29 is 24.0 Å². The Morgan fingerprint density at radius 1 is 0.935 bits per heavy atom. The second-order valence-electron chi connectivity index (χ2n) is 6.95. The summed E-state index contributed by atoms with van der Waals surface area (Å²) >= 11 is 0. The van der Waals surface area contributed by atoms with Crippen molar-refractivity contribution in [3.8, 4) is 0 Å². The molecule has 0 saturated heterocycles. The number of nitrogens with one attached hydrogen (secondary N) is 1. The zero-order valence-electron chi connectivity index (χ0n) is 16.8. The van der Waals surface area contributed by atoms with E-state index in [-0.39, 0.29) is 12.2 Å². The van der Waals surface area contributed by atoms with Crippen LogP contribution in [0.2, 0.25) is 0 Å². The number of fused-ring (bicyclic) bond motifs is 1. The highest BCUT2D eigenvalue weighted by Gasteiger charge is 2.44. The van der Waals surface area contributed by atoms with Crippen LogP contribution in [0.15, 0.2) is 78.9 Å². The zero-order valence-corrected chi connectivity index (χ0v) is 16.8. The molecule has 1 N–H and O–H groups in total. The number of anilines is 2. The molecule has 0 aromatic heterocycles. The fourth-order valence-electron chi connectivity index (χ4n) is 3.40. The van der Waals surface area contributed by atoms with Crippen LogP contribution < -0.4 is 5.32 Å². The summed E-state index contributed by atoms with van der Waals surface area (Å²) in [4.78, 5) is 44.0. The molecule has 1 unspecified atom stereocenters. The van der Waals surface area contributed by atoms with Gasteiger partial charge in [-0.2, -0.15) is 0 Å². The Labute approximate surface area is 179 Å². The Morgan fingerprint density at radius 2 is 1.61 bits per heavy atom. The number of hydrogen-bond acceptors (Lipinski definition) is 6. The molecule has 3 aromatic rings. The van der Waals surface area contributed by atoms with Crippen LogP contribution in [0.5, 0.6) is 0 Å². The number of ether oxygens (including phenoxy) is 1. The Balaban J connectivity index is 1.67. The highest BCUT2D eigenvalue weighted by atomic mass is 16.7. The Morgan fingerprint density at radius 3 is 2.29 bits per heavy atom. The number of imide groups is 1. The van der Waals surface area contributed by atoms with Crippen molar-refractivity contribution >= 4 is 29.2 Å². The second-order valence-corrected chi connectivity index (χ2v) is 6.95. The first-order valence-electron chi connectivity index (χ1n) is 9.67. The van der Waals surface area contributed by atoms with Gasteiger partial charge in [-0.25, -0.2) is 0 Å². The van der Waals surface area contributed by atoms with Crippen LogP contribution in [0.25, 0.3) is 0 Å². The Bertz CT molecular complexity index is 1120. The molecule has 0 aliphatic carbocycles. The average Bonchev–Trinajstić information content (AvgIpc) is 2.80. The molecule has 1 aliphatic rings. The van der Waals surface area contributed by atoms with Gasteiger partial charge >= 0.3 is 5.97 Å². The van der Waals surface area contributed by atoms with Gasteiger partial charge in [0.15, 0.2) is 5.92 Å². The maximum atomic E-state index is 13.1. The number of rotatable bonds is 6. The number of hydroxylamine groups is 2. The molecule has 0 saturated carbocycles. The quantitative estimate of drug-likeness (QED) is 0.374. The lowest BCUT2D eigenvalue weighted by Gasteiger charge is -2.30. The topological polar surface area (TPSA) is 84.9 Å². The molecule has 2 amide bonds. The van der Waals surface area contributed by atoms with Crippen molar-refractivity contribution in [2.45, 2.75) is 12.5 Å². The number of amides is 2. The van der Waals surface area contributed by atoms with Gasteiger partial charge in [0, 0.05) is 16.9 Å². The number of esters is 1. The molecule has 1 aliphatic heterocycles. The molecule has 7 heteroatoms. The molecule has 7 nitrogen and oxygen atoms in total. The minimum Gasteiger partial charge on any atom is -0.468 e. The van der Waals surface area contributed by atoms with E-state index in [2.05, 4.69) is 5.32 Å². The van der Waals surface area contributed by atoms with E-state index in [9.17, 15) is 14.4 Å². The predicted molar refractivity (Wildman–Crippen MR) is 113 cm³/mol. The maximum absolute atomic E-state index is 13.1. The van der Waals surface area contributed by atoms with Gasteiger partial charge in [0.25, 0.3) is 11.8 Å². The van der Waals surface area contributed by atoms with Crippen molar-refractivity contribution in [3.63, 3.8) is 0 Å². The molecule has 0 fully saturated rings. The lowest BCUT2D eigenvalue weighted by Crippen LogP contribution is -2.47. The summed E-state index contributed by atoms with van der Waals surface area (Å²) < 4.78 is 4.82. The molecular formula is C24H20N2O5. The summed E-state index contributed by atoms with van der Waals surface area (Å²) in [5, 5.41) is 3.86. The standard InChI is InChI=1S/C24H20N2O5/c1-30-24(29)21-19-13-12-18(25-17-10-6-3-7-11-17)14-20(19)22(27)26(23(21)28)31-15-16-8-4-2-5-9-16/h2-14,21,25H,15H2,1H3. The largest absolute Gasteiger partial charge is 0.468 e. The third kappa shape index (κ3) is 4.17. The van der Waals surface area contributed by atoms with Crippen molar-refractivity contribution in [1.29, 1.82) is 0 Å². The van der Waals surface area contributed by atoms with Gasteiger partial charge in [0.2, 0.25) is 0 Å². The first-order chi connectivity index (χ1) is 15.1. The molecule has 31 heavy (non-hydrogen) atoms. The van der Waals surface area contributed by atoms with E-state index in [0.717, 1.165) is 11.3 Å². The molecule has 1 atom stereocenters. The van der Waals surface area contributed by atoms with Crippen molar-refractivity contribution in [3.05, 3.63) is 95.6 Å². The van der Waals surface area contributed by atoms with Gasteiger partial charge < -0.3 is 10.1 Å². The van der Waals surface area contributed by atoms with Gasteiger partial charge in [0.1, 0.15) is 6.61 Å². The lowest BCUT2D eigenvalue weighted by molar-refractivity contribution is -0.179. The minimum atomic E-state index is -1.28. The second kappa shape index (κ2) is 8.81. The van der Waals surface area contributed by atoms with Crippen LogP contribution >= 0.6 is 0 Å². The Kier molecular flexibility index (Phi) is 5.77. The van der Waals surface area contributed by atoms with Crippen LogP contribution in [0.1, 0.15) is 27.4 Å². The van der Waals surface area contributed by atoms with E-state index in [0.29, 0.717) is 16.3 Å². The van der Waals surface area contributed by atoms with E-state index < -0.39 is 23.7 Å². The molecule has 4 rings (SSSR count). The van der Waals surface area contributed by atoms with Crippen LogP contribution in [0, 0.1) is 0 Å². The third-order valence-electron chi connectivity index (χ3n) is 4.93. The van der Waals surface area contributed by atoms with Crippen LogP contribution in [0.4, 0.5) is 11.4 Å². The van der Waals surface area contributed by atoms with Crippen molar-refractivity contribution in [2.75, 3.05) is 12.4 Å². The predicted octanol–water partition coefficient (Wildman–Crippen LogP) is 3.80. The Hall–Kier alpha value is -3.97. The van der Waals surface area contributed by atoms with Gasteiger partial charge in [0.05, 0.1) is 7.11 Å². The summed E-state index contributed by atoms with van der Waals surface area (Å²) in [5.74, 6) is -3.44. The summed E-state index contributed by atoms with van der Waals surface area (Å²) in [7, 11) is 1.20. The number of nitrogens with zero attached hydrogens (tertiary/aromatic N) is 1. The van der Waals surface area contributed by atoms with Gasteiger partial charge in [-0.1, -0.05) is 54.6 Å². The molecule has 1 heterocycles. The van der Waals surface area contributed by atoms with Gasteiger partial charge in [-0.3, -0.25) is 19.2 Å². The number of methoxy groups -OCH3 is 1. The molecule has 0 radical (unpaired) electrons. The molecule has 0 spiro atoms. The fraction of sp³-hybridized carbons (Fsp3) is 0.125. The van der Waals surface area contributed by atoms with E-state index in [1.807, 2.05) is 60.7 Å². The number of hydrogen-bond donors (Lipinski definition) is 1. The zero-order chi connectivity index (χ0) is 21.8. The average molecular weight is 416 g/mol. The van der Waals surface area contributed by atoms with Gasteiger partial charge in [-0.05, 0) is 35.4 Å². The highest BCUT2D eigenvalue weighted by Crippen LogP contribution is 2.33. The van der Waals surface area contributed by atoms with Crippen LogP contribution in [0.3, 0.4) is 0 Å². The van der Waals surface area contributed by atoms with Crippen molar-refractivity contribution in [1.82, 2.24) is 5.06 Å². The third-order valence-corrected chi connectivity index (χ3v) is 4.93. The van der Waals surface area contributed by atoms with Crippen molar-refractivity contribution in [2.24, 2.45) is 0 Å². The smallest absolute Gasteiger partial charge is 0.322 e. The molecule has 156 valence electrons. The number of para-hydroxylation sites is 1. The lowest BCUT2D eigenvalue weighted by atomic mass is 9.89. The number of benzene rings is 3. The first-order valence-corrected chi connectivity index (χ1v) is 9.67. The number of carbonyl (C=O) groups is 3. The van der Waals surface area contributed by atoms with E-state index in [1.165, 1.54) is 7.11 Å². The SMILES string of the molecule is COC(=O)C1C(=O)N(OCc2ccccc2)C(=O)c2cc(Nc3ccccc3)ccc21. The summed E-state index contributed by atoms with van der Waals surface area (Å²) in [5.41, 5.74) is 2.75. The molecule has 3 aromatic carbocycles. The maximum Gasteiger partial charge on any atom is 0.322 e. The highest BCUT2D eigenvalue weighted by molar-refractivity contribution is 6.17. The molecule has 0 bridgehead atoms. The van der Waals surface area contributed by atoms with E-state index in [4.69, 9.17) is 9.57 Å². The van der Waals surface area contributed by atoms with Crippen LogP contribution in [-0.4, -0.2) is 30.0 Å². The van der Waals surface area contributed by atoms with E-state index in [1.54, 1.807) is 18.2 Å². The summed E-state index contributed by atoms with van der Waals surface area (Å²) in [6.45, 7) is 0.00347. The molecular weight excluding hydrogens is 396 g/mol. The van der Waals surface area contributed by atoms with Gasteiger partial charge in [-0.15, -0.1) is 5.06 Å². The summed E-state index contributed by atoms with van der Waals surface area (Å²) in [6, 6.07) is 23.5. The fourth-order valence-corrected chi connectivity index (χ4v) is 3.40. The first kappa shape index (κ1) is 20.3. The van der Waals surface area contributed by atoms with Crippen LogP contribution in [-0.2, 0) is 25.8 Å². The summed E-state index contributed by atoms with van der Waals surface area (Å²) in [6.07, 6.45) is 0. The normalized spacial score (nSPS) is 15.4. The van der Waals surface area contributed by atoms with E-state index >= 15 is 0 Å².